The topological polar surface area (TPSA) is 91.2 Å². The Bertz CT molecular complexity index is 948. The summed E-state index contributed by atoms with van der Waals surface area (Å²) in [5.74, 6) is 1.07. The van der Waals surface area contributed by atoms with Crippen molar-refractivity contribution in [3.05, 3.63) is 39.5 Å². The molecule has 4 rings (SSSR count). The second kappa shape index (κ2) is 8.15. The number of aromatic nitrogens is 4. The van der Waals surface area contributed by atoms with Gasteiger partial charge < -0.3 is 14.8 Å². The first-order valence-corrected chi connectivity index (χ1v) is 10.2. The SMILES string of the molecule is O=C(CSc1nnnn1Cc1cccs1)Nc1cc2c(cc1Cl)OCCO2. The summed E-state index contributed by atoms with van der Waals surface area (Å²) in [4.78, 5) is 13.5. The minimum absolute atomic E-state index is 0.148. The molecule has 0 fully saturated rings. The van der Waals surface area contributed by atoms with Gasteiger partial charge in [0.05, 0.1) is 23.0 Å². The van der Waals surface area contributed by atoms with Gasteiger partial charge in [0.15, 0.2) is 11.5 Å². The maximum Gasteiger partial charge on any atom is 0.234 e. The number of fused-ring (bicyclic) bond motifs is 1. The zero-order valence-electron chi connectivity index (χ0n) is 13.9. The minimum Gasteiger partial charge on any atom is -0.486 e. The van der Waals surface area contributed by atoms with Crippen LogP contribution in [0.2, 0.25) is 5.02 Å². The van der Waals surface area contributed by atoms with Crippen LogP contribution in [0.4, 0.5) is 5.69 Å². The molecule has 0 aliphatic carbocycles. The van der Waals surface area contributed by atoms with Crippen molar-refractivity contribution in [3.8, 4) is 11.5 Å². The molecule has 0 radical (unpaired) electrons. The van der Waals surface area contributed by atoms with Crippen LogP contribution in [0.1, 0.15) is 4.88 Å². The summed E-state index contributed by atoms with van der Waals surface area (Å²) in [6.45, 7) is 1.51. The summed E-state index contributed by atoms with van der Waals surface area (Å²) in [6, 6.07) is 7.29. The first-order chi connectivity index (χ1) is 13.2. The minimum atomic E-state index is -0.218. The number of hydrogen-bond donors (Lipinski definition) is 1. The number of benzene rings is 1. The van der Waals surface area contributed by atoms with Gasteiger partial charge in [-0.1, -0.05) is 29.4 Å². The number of halogens is 1. The van der Waals surface area contributed by atoms with E-state index in [1.807, 2.05) is 17.5 Å². The Morgan fingerprint density at radius 3 is 2.93 bits per heavy atom. The summed E-state index contributed by atoms with van der Waals surface area (Å²) in [7, 11) is 0. The van der Waals surface area contributed by atoms with Crippen molar-refractivity contribution in [1.82, 2.24) is 20.2 Å². The molecule has 140 valence electrons. The van der Waals surface area contributed by atoms with Crippen molar-refractivity contribution in [1.29, 1.82) is 0 Å². The Morgan fingerprint density at radius 1 is 1.33 bits per heavy atom. The van der Waals surface area contributed by atoms with Crippen molar-refractivity contribution >= 4 is 46.3 Å². The fourth-order valence-corrected chi connectivity index (χ4v) is 3.99. The summed E-state index contributed by atoms with van der Waals surface area (Å²) < 4.78 is 12.7. The van der Waals surface area contributed by atoms with E-state index in [1.165, 1.54) is 11.8 Å². The molecule has 8 nitrogen and oxygen atoms in total. The number of anilines is 1. The molecule has 2 aromatic heterocycles. The Morgan fingerprint density at radius 2 is 2.15 bits per heavy atom. The second-order valence-corrected chi connectivity index (χ2v) is 7.89. The number of carbonyl (C=O) groups excluding carboxylic acids is 1. The molecule has 1 aromatic carbocycles. The number of thioether (sulfide) groups is 1. The smallest absolute Gasteiger partial charge is 0.234 e. The Balaban J connectivity index is 1.37. The second-order valence-electron chi connectivity index (χ2n) is 5.51. The van der Waals surface area contributed by atoms with Crippen LogP contribution in [0.3, 0.4) is 0 Å². The van der Waals surface area contributed by atoms with Crippen LogP contribution in [-0.4, -0.2) is 45.1 Å². The molecule has 0 spiro atoms. The zero-order valence-corrected chi connectivity index (χ0v) is 16.3. The van der Waals surface area contributed by atoms with Crippen molar-refractivity contribution in [3.63, 3.8) is 0 Å². The summed E-state index contributed by atoms with van der Waals surface area (Å²) in [5, 5.41) is 17.4. The monoisotopic (exact) mass is 423 g/mol. The Hall–Kier alpha value is -2.30. The van der Waals surface area contributed by atoms with Gasteiger partial charge in [-0.2, -0.15) is 0 Å². The van der Waals surface area contributed by atoms with Crippen LogP contribution in [0.25, 0.3) is 0 Å². The van der Waals surface area contributed by atoms with Crippen molar-refractivity contribution in [2.24, 2.45) is 0 Å². The van der Waals surface area contributed by atoms with E-state index in [0.29, 0.717) is 47.1 Å². The zero-order chi connectivity index (χ0) is 18.6. The number of carbonyl (C=O) groups is 1. The summed E-state index contributed by atoms with van der Waals surface area (Å²) in [5.41, 5.74) is 0.477. The molecule has 3 heterocycles. The van der Waals surface area contributed by atoms with Gasteiger partial charge in [-0.3, -0.25) is 4.79 Å². The molecule has 3 aromatic rings. The fourth-order valence-electron chi connectivity index (χ4n) is 2.43. The van der Waals surface area contributed by atoms with Crippen LogP contribution >= 0.6 is 34.7 Å². The lowest BCUT2D eigenvalue weighted by atomic mass is 10.2. The predicted molar refractivity (Wildman–Crippen MR) is 103 cm³/mol. The van der Waals surface area contributed by atoms with Crippen LogP contribution in [-0.2, 0) is 11.3 Å². The number of tetrazole rings is 1. The molecule has 1 amide bonds. The number of hydrogen-bond acceptors (Lipinski definition) is 8. The van der Waals surface area contributed by atoms with Crippen molar-refractivity contribution < 1.29 is 14.3 Å². The van der Waals surface area contributed by atoms with E-state index in [0.717, 1.165) is 4.88 Å². The average molecular weight is 424 g/mol. The van der Waals surface area contributed by atoms with E-state index < -0.39 is 0 Å². The lowest BCUT2D eigenvalue weighted by Crippen LogP contribution is -2.18. The summed E-state index contributed by atoms with van der Waals surface area (Å²) in [6.07, 6.45) is 0. The quantitative estimate of drug-likeness (QED) is 0.609. The van der Waals surface area contributed by atoms with Gasteiger partial charge >= 0.3 is 0 Å². The van der Waals surface area contributed by atoms with Gasteiger partial charge in [0.25, 0.3) is 0 Å². The number of amides is 1. The van der Waals surface area contributed by atoms with Gasteiger partial charge in [0.1, 0.15) is 13.2 Å². The Labute approximate surface area is 167 Å². The fraction of sp³-hybridized carbons (Fsp3) is 0.250. The van der Waals surface area contributed by atoms with Crippen molar-refractivity contribution in [2.75, 3.05) is 24.3 Å². The molecular formula is C16H14ClN5O3S2. The standard InChI is InChI=1S/C16H14ClN5O3S2/c17-11-6-13-14(25-4-3-24-13)7-12(11)18-15(23)9-27-16-19-20-21-22(16)8-10-2-1-5-26-10/h1-2,5-7H,3-4,8-9H2,(H,18,23). The largest absolute Gasteiger partial charge is 0.486 e. The van der Waals surface area contributed by atoms with Gasteiger partial charge in [-0.15, -0.1) is 16.4 Å². The number of nitrogens with zero attached hydrogens (tertiary/aromatic N) is 4. The molecule has 0 bridgehead atoms. The molecule has 1 N–H and O–H groups in total. The van der Waals surface area contributed by atoms with Crippen LogP contribution in [0.15, 0.2) is 34.8 Å². The van der Waals surface area contributed by atoms with Crippen LogP contribution in [0, 0.1) is 0 Å². The highest BCUT2D eigenvalue weighted by atomic mass is 35.5. The van der Waals surface area contributed by atoms with Crippen LogP contribution in [0.5, 0.6) is 11.5 Å². The number of ether oxygens (including phenoxy) is 2. The third-order valence-corrected chi connectivity index (χ3v) is 5.75. The molecule has 0 atom stereocenters. The number of rotatable bonds is 6. The van der Waals surface area contributed by atoms with Gasteiger partial charge in [0.2, 0.25) is 11.1 Å². The average Bonchev–Trinajstić information content (AvgIpc) is 3.33. The van der Waals surface area contributed by atoms with E-state index in [4.69, 9.17) is 21.1 Å². The van der Waals surface area contributed by atoms with Gasteiger partial charge in [0, 0.05) is 17.0 Å². The van der Waals surface area contributed by atoms with Crippen LogP contribution < -0.4 is 14.8 Å². The van der Waals surface area contributed by atoms with E-state index in [9.17, 15) is 4.79 Å². The third-order valence-electron chi connectivity index (χ3n) is 3.62. The Kier molecular flexibility index (Phi) is 5.46. The maximum atomic E-state index is 12.3. The molecule has 0 unspecified atom stereocenters. The first kappa shape index (κ1) is 18.1. The predicted octanol–water partition coefficient (Wildman–Crippen LogP) is 2.94. The molecule has 1 aliphatic rings. The highest BCUT2D eigenvalue weighted by Crippen LogP contribution is 2.38. The lowest BCUT2D eigenvalue weighted by Gasteiger charge is -2.20. The molecule has 1 aliphatic heterocycles. The normalized spacial score (nSPS) is 12.8. The molecule has 0 saturated heterocycles. The van der Waals surface area contributed by atoms with E-state index in [2.05, 4.69) is 20.8 Å². The number of thiophene rings is 1. The molecule has 27 heavy (non-hydrogen) atoms. The number of nitrogens with one attached hydrogen (secondary N) is 1. The van der Waals surface area contributed by atoms with E-state index in [-0.39, 0.29) is 11.7 Å². The lowest BCUT2D eigenvalue weighted by molar-refractivity contribution is -0.113. The van der Waals surface area contributed by atoms with Gasteiger partial charge in [-0.25, -0.2) is 4.68 Å². The first-order valence-electron chi connectivity index (χ1n) is 7.99. The highest BCUT2D eigenvalue weighted by Gasteiger charge is 2.17. The van der Waals surface area contributed by atoms with E-state index in [1.54, 1.807) is 28.2 Å². The highest BCUT2D eigenvalue weighted by molar-refractivity contribution is 7.99. The molecular weight excluding hydrogens is 410 g/mol. The van der Waals surface area contributed by atoms with Gasteiger partial charge in [-0.05, 0) is 21.9 Å². The van der Waals surface area contributed by atoms with Crippen molar-refractivity contribution in [2.45, 2.75) is 11.7 Å². The summed E-state index contributed by atoms with van der Waals surface area (Å²) >= 11 is 9.10. The third kappa shape index (κ3) is 4.34. The molecule has 0 saturated carbocycles. The maximum absolute atomic E-state index is 12.3. The van der Waals surface area contributed by atoms with E-state index >= 15 is 0 Å². The molecule has 11 heteroatoms.